The molecule has 0 spiro atoms. The molecule has 8 nitrogen and oxygen atoms in total. The lowest BCUT2D eigenvalue weighted by Gasteiger charge is -2.33. The topological polar surface area (TPSA) is 138 Å². The fraction of sp³-hybridized carbons (Fsp3) is 0.333. The van der Waals surface area contributed by atoms with Crippen molar-refractivity contribution in [2.24, 2.45) is 10.8 Å². The second-order valence-electron chi connectivity index (χ2n) is 5.46. The molecule has 3 N–H and O–H groups in total. The molecule has 0 heterocycles. The Hall–Kier alpha value is -2.55. The first-order valence-electron chi connectivity index (χ1n) is 6.90. The van der Waals surface area contributed by atoms with E-state index in [1.54, 1.807) is 0 Å². The molecule has 0 bridgehead atoms. The maximum atomic E-state index is 12.5. The summed E-state index contributed by atoms with van der Waals surface area (Å²) in [4.78, 5) is 48.1. The zero-order valence-electron chi connectivity index (χ0n) is 12.3. The predicted octanol–water partition coefficient (Wildman–Crippen LogP) is 1.29. The predicted molar refractivity (Wildman–Crippen MR) is 81.0 cm³/mol. The van der Waals surface area contributed by atoms with Crippen LogP contribution in [0.2, 0.25) is 0 Å². The first kappa shape index (κ1) is 17.8. The number of carboxylic acid groups (broad SMARTS) is 3. The highest BCUT2D eigenvalue weighted by Gasteiger charge is 2.74. The van der Waals surface area contributed by atoms with Gasteiger partial charge in [0.15, 0.2) is 10.8 Å². The fourth-order valence-corrected chi connectivity index (χ4v) is 3.23. The van der Waals surface area contributed by atoms with Crippen molar-refractivity contribution in [2.45, 2.75) is 24.2 Å². The molecule has 0 aromatic heterocycles. The van der Waals surface area contributed by atoms with Crippen LogP contribution in [0.5, 0.6) is 5.75 Å². The van der Waals surface area contributed by atoms with E-state index in [9.17, 15) is 34.5 Å². The van der Waals surface area contributed by atoms with Crippen LogP contribution in [-0.4, -0.2) is 39.2 Å². The molecule has 1 aromatic carbocycles. The third-order valence-corrected chi connectivity index (χ3v) is 4.62. The Morgan fingerprint density at radius 2 is 1.33 bits per heavy atom. The van der Waals surface area contributed by atoms with Crippen LogP contribution in [0.1, 0.15) is 19.3 Å². The van der Waals surface area contributed by atoms with E-state index >= 15 is 0 Å². The van der Waals surface area contributed by atoms with Gasteiger partial charge in [0.05, 0.1) is 0 Å². The van der Waals surface area contributed by atoms with Gasteiger partial charge in [0.2, 0.25) is 0 Å². The average molecular weight is 354 g/mol. The maximum absolute atomic E-state index is 12.5. The van der Waals surface area contributed by atoms with Crippen LogP contribution in [0.15, 0.2) is 29.2 Å². The van der Waals surface area contributed by atoms with Crippen molar-refractivity contribution >= 4 is 36.5 Å². The van der Waals surface area contributed by atoms with Crippen LogP contribution in [0.3, 0.4) is 0 Å². The van der Waals surface area contributed by atoms with E-state index in [0.717, 1.165) is 0 Å². The summed E-state index contributed by atoms with van der Waals surface area (Å²) in [6.45, 7) is 0. The molecule has 2 rings (SSSR count). The van der Waals surface area contributed by atoms with Gasteiger partial charge in [0.25, 0.3) is 0 Å². The summed E-state index contributed by atoms with van der Waals surface area (Å²) in [5.74, 6) is -7.03. The summed E-state index contributed by atoms with van der Waals surface area (Å²) < 4.78 is 4.99. The lowest BCUT2D eigenvalue weighted by molar-refractivity contribution is -0.190. The number of carboxylic acids is 3. The number of ether oxygens (including phenoxy) is 1. The molecule has 0 saturated heterocycles. The summed E-state index contributed by atoms with van der Waals surface area (Å²) >= 11 is 4.05. The lowest BCUT2D eigenvalue weighted by Crippen LogP contribution is -2.59. The monoisotopic (exact) mass is 354 g/mol. The van der Waals surface area contributed by atoms with Gasteiger partial charge in [0.1, 0.15) is 5.75 Å². The molecular formula is C15H14O8S. The standard InChI is InChI=1S/C15H14O8S/c16-10(17)14(11(18)19)6-1-7-15(14,12(20)21)13(22)23-8-2-4-9(24)5-3-8/h2-5,24H,1,6-7H2,(H,16,17)(H,18,19)(H,20,21). The van der Waals surface area contributed by atoms with Gasteiger partial charge in [-0.15, -0.1) is 12.6 Å². The van der Waals surface area contributed by atoms with Crippen molar-refractivity contribution in [3.63, 3.8) is 0 Å². The first-order chi connectivity index (χ1) is 11.2. The van der Waals surface area contributed by atoms with Gasteiger partial charge >= 0.3 is 23.9 Å². The molecule has 1 aliphatic carbocycles. The van der Waals surface area contributed by atoms with Crippen LogP contribution < -0.4 is 4.74 Å². The highest BCUT2D eigenvalue weighted by molar-refractivity contribution is 7.80. The molecule has 1 aliphatic rings. The number of benzene rings is 1. The van der Waals surface area contributed by atoms with Crippen LogP contribution in [0, 0.1) is 10.8 Å². The van der Waals surface area contributed by atoms with E-state index in [2.05, 4.69) is 12.6 Å². The van der Waals surface area contributed by atoms with Crippen molar-refractivity contribution in [3.8, 4) is 5.75 Å². The first-order valence-corrected chi connectivity index (χ1v) is 7.34. The van der Waals surface area contributed by atoms with Crippen LogP contribution in [0.4, 0.5) is 0 Å². The minimum absolute atomic E-state index is 0.0324. The number of carbonyl (C=O) groups is 4. The maximum Gasteiger partial charge on any atom is 0.330 e. The van der Waals surface area contributed by atoms with Crippen molar-refractivity contribution in [1.82, 2.24) is 0 Å². The number of esters is 1. The minimum atomic E-state index is -2.78. The number of hydrogen-bond acceptors (Lipinski definition) is 6. The zero-order valence-corrected chi connectivity index (χ0v) is 13.2. The SMILES string of the molecule is O=C(O)C1(C(=O)O)CCCC1(C(=O)O)C(=O)Oc1ccc(S)cc1. The minimum Gasteiger partial charge on any atom is -0.480 e. The summed E-state index contributed by atoms with van der Waals surface area (Å²) in [7, 11) is 0. The highest BCUT2D eigenvalue weighted by Crippen LogP contribution is 2.54. The normalized spacial score (nSPS) is 21.9. The molecule has 24 heavy (non-hydrogen) atoms. The van der Waals surface area contributed by atoms with Gasteiger partial charge in [-0.1, -0.05) is 0 Å². The van der Waals surface area contributed by atoms with Gasteiger partial charge in [-0.3, -0.25) is 19.2 Å². The van der Waals surface area contributed by atoms with Gasteiger partial charge in [0, 0.05) is 4.90 Å². The Bertz CT molecular complexity index is 697. The Morgan fingerprint density at radius 1 is 0.875 bits per heavy atom. The third kappa shape index (κ3) is 2.41. The fourth-order valence-electron chi connectivity index (χ4n) is 3.08. The van der Waals surface area contributed by atoms with Crippen LogP contribution in [0.25, 0.3) is 0 Å². The molecular weight excluding hydrogens is 340 g/mol. The molecule has 9 heteroatoms. The molecule has 1 unspecified atom stereocenters. The van der Waals surface area contributed by atoms with Gasteiger partial charge < -0.3 is 20.1 Å². The summed E-state index contributed by atoms with van der Waals surface area (Å²) in [6.07, 6.45) is -0.964. The van der Waals surface area contributed by atoms with E-state index in [1.807, 2.05) is 0 Å². The summed E-state index contributed by atoms with van der Waals surface area (Å²) in [5, 5.41) is 28.4. The smallest absolute Gasteiger partial charge is 0.330 e. The van der Waals surface area contributed by atoms with Crippen LogP contribution >= 0.6 is 12.6 Å². The van der Waals surface area contributed by atoms with E-state index in [0.29, 0.717) is 4.90 Å². The number of hydrogen-bond donors (Lipinski definition) is 4. The van der Waals surface area contributed by atoms with Crippen LogP contribution in [-0.2, 0) is 19.2 Å². The van der Waals surface area contributed by atoms with Gasteiger partial charge in [-0.25, -0.2) is 0 Å². The number of carbonyl (C=O) groups excluding carboxylic acids is 1. The van der Waals surface area contributed by atoms with Crippen molar-refractivity contribution in [2.75, 3.05) is 0 Å². The summed E-state index contributed by atoms with van der Waals surface area (Å²) in [6, 6.07) is 5.65. The van der Waals surface area contributed by atoms with E-state index in [-0.39, 0.29) is 12.2 Å². The molecule has 1 fully saturated rings. The number of rotatable bonds is 5. The Balaban J connectivity index is 2.52. The second-order valence-corrected chi connectivity index (χ2v) is 5.98. The quantitative estimate of drug-likeness (QED) is 0.269. The molecule has 0 aliphatic heterocycles. The number of aliphatic carboxylic acids is 3. The average Bonchev–Trinajstić information content (AvgIpc) is 2.92. The summed E-state index contributed by atoms with van der Waals surface area (Å²) in [5.41, 5.74) is -5.48. The molecule has 128 valence electrons. The van der Waals surface area contributed by atoms with Gasteiger partial charge in [-0.2, -0.15) is 0 Å². The van der Waals surface area contributed by atoms with E-state index in [1.165, 1.54) is 24.3 Å². The molecule has 0 amide bonds. The largest absolute Gasteiger partial charge is 0.480 e. The lowest BCUT2D eigenvalue weighted by atomic mass is 9.65. The van der Waals surface area contributed by atoms with Gasteiger partial charge in [-0.05, 0) is 43.5 Å². The Kier molecular flexibility index (Phi) is 4.57. The molecule has 1 saturated carbocycles. The third-order valence-electron chi connectivity index (χ3n) is 4.32. The highest BCUT2D eigenvalue weighted by atomic mass is 32.1. The van der Waals surface area contributed by atoms with Crippen molar-refractivity contribution in [1.29, 1.82) is 0 Å². The molecule has 1 aromatic rings. The Morgan fingerprint density at radius 3 is 1.79 bits per heavy atom. The van der Waals surface area contributed by atoms with E-state index in [4.69, 9.17) is 4.74 Å². The molecule has 1 atom stereocenters. The zero-order chi connectivity index (χ0) is 18.1. The number of thiol groups is 1. The van der Waals surface area contributed by atoms with Crippen molar-refractivity contribution in [3.05, 3.63) is 24.3 Å². The molecule has 0 radical (unpaired) electrons. The second kappa shape index (κ2) is 6.16. The van der Waals surface area contributed by atoms with Crippen molar-refractivity contribution < 1.29 is 39.2 Å². The van der Waals surface area contributed by atoms with E-state index < -0.39 is 47.5 Å². The Labute approximate surface area is 141 Å².